The highest BCUT2D eigenvalue weighted by Crippen LogP contribution is 2.45. The highest BCUT2D eigenvalue weighted by atomic mass is 32.3. The Morgan fingerprint density at radius 1 is 0.886 bits per heavy atom. The van der Waals surface area contributed by atoms with Gasteiger partial charge in [0.2, 0.25) is 0 Å². The van der Waals surface area contributed by atoms with Gasteiger partial charge in [-0.3, -0.25) is 0 Å². The number of ether oxygens (including phenoxy) is 1. The van der Waals surface area contributed by atoms with Crippen molar-refractivity contribution in [2.45, 2.75) is 132 Å². The lowest BCUT2D eigenvalue weighted by molar-refractivity contribution is 0.0512. The topological polar surface area (TPSA) is 52.6 Å². The summed E-state index contributed by atoms with van der Waals surface area (Å²) < 4.78 is 46.7. The average molecular weight is 513 g/mol. The van der Waals surface area contributed by atoms with Gasteiger partial charge in [-0.25, -0.2) is 0 Å². The fourth-order valence-electron chi connectivity index (χ4n) is 5.48. The van der Waals surface area contributed by atoms with Crippen LogP contribution >= 0.6 is 0 Å². The summed E-state index contributed by atoms with van der Waals surface area (Å²) in [6, 6.07) is 0. The maximum absolute atomic E-state index is 13.2. The molecule has 35 heavy (non-hydrogen) atoms. The molecule has 0 bridgehead atoms. The van der Waals surface area contributed by atoms with E-state index in [4.69, 9.17) is 4.74 Å². The van der Waals surface area contributed by atoms with Crippen molar-refractivity contribution in [2.75, 3.05) is 0 Å². The third-order valence-corrected chi connectivity index (χ3v) is 8.39. The van der Waals surface area contributed by atoms with Gasteiger partial charge in [0.05, 0.1) is 0 Å². The molecule has 202 valence electrons. The van der Waals surface area contributed by atoms with E-state index in [1.165, 1.54) is 44.9 Å². The Bertz CT molecular complexity index is 941. The van der Waals surface area contributed by atoms with Gasteiger partial charge in [-0.2, -0.15) is 8.42 Å². The molecular weight excluding hydrogens is 463 g/mol. The first-order chi connectivity index (χ1) is 16.2. The quantitative estimate of drug-likeness (QED) is 0.234. The first kappa shape index (κ1) is 29.9. The van der Waals surface area contributed by atoms with Crippen LogP contribution in [-0.2, 0) is 16.9 Å². The van der Waals surface area contributed by atoms with E-state index in [0.717, 1.165) is 60.3 Å². The zero-order valence-corrected chi connectivity index (χ0v) is 24.2. The van der Waals surface area contributed by atoms with Gasteiger partial charge in [-0.05, 0) is 82.3 Å². The molecule has 0 saturated carbocycles. The minimum Gasteiger partial charge on any atom is -0.487 e. The standard InChI is InChI=1S/C29H49FO4S/c1-20(2)12-9-13-21(3)14-10-15-22(4)16-11-18-29(8)19-17-26-25(7)27(34-35(30,31)32)23(5)24(6)28(26)33-29/h20-22H,9-19H2,1-8H3/t21-,22-,29-/m1/s1. The van der Waals surface area contributed by atoms with Crippen molar-refractivity contribution < 1.29 is 21.2 Å². The van der Waals surface area contributed by atoms with E-state index in [0.29, 0.717) is 11.1 Å². The summed E-state index contributed by atoms with van der Waals surface area (Å²) in [5, 5.41) is 0. The van der Waals surface area contributed by atoms with Crippen molar-refractivity contribution in [2.24, 2.45) is 17.8 Å². The van der Waals surface area contributed by atoms with Crippen LogP contribution in [0.2, 0.25) is 0 Å². The van der Waals surface area contributed by atoms with E-state index in [1.54, 1.807) is 13.8 Å². The van der Waals surface area contributed by atoms with Crippen molar-refractivity contribution in [3.63, 3.8) is 0 Å². The summed E-state index contributed by atoms with van der Waals surface area (Å²) in [7, 11) is -5.07. The van der Waals surface area contributed by atoms with E-state index in [9.17, 15) is 12.3 Å². The van der Waals surface area contributed by atoms with Crippen molar-refractivity contribution in [3.05, 3.63) is 22.3 Å². The van der Waals surface area contributed by atoms with E-state index < -0.39 is 10.5 Å². The summed E-state index contributed by atoms with van der Waals surface area (Å²) in [5.41, 5.74) is 2.78. The molecule has 1 aromatic carbocycles. The van der Waals surface area contributed by atoms with Crippen LogP contribution in [0.25, 0.3) is 0 Å². The summed E-state index contributed by atoms with van der Waals surface area (Å²) >= 11 is 0. The maximum atomic E-state index is 13.2. The summed E-state index contributed by atoms with van der Waals surface area (Å²) in [6.45, 7) is 17.0. The Morgan fingerprint density at radius 2 is 1.43 bits per heavy atom. The SMILES string of the molecule is Cc1c(C)c2c(c(C)c1OS(=O)(=O)F)CC[C@@](C)(CCC[C@H](C)CCC[C@H](C)CCCC(C)C)O2. The molecule has 0 aromatic heterocycles. The highest BCUT2D eigenvalue weighted by molar-refractivity contribution is 7.81. The third-order valence-electron chi connectivity index (χ3n) is 8.02. The smallest absolute Gasteiger partial charge is 0.487 e. The van der Waals surface area contributed by atoms with Crippen molar-refractivity contribution in [3.8, 4) is 11.5 Å². The van der Waals surface area contributed by atoms with Gasteiger partial charge in [0.1, 0.15) is 11.4 Å². The molecule has 6 heteroatoms. The van der Waals surface area contributed by atoms with Gasteiger partial charge in [-0.15, -0.1) is 0 Å². The number of halogens is 1. The van der Waals surface area contributed by atoms with Crippen LogP contribution in [0.3, 0.4) is 0 Å². The van der Waals surface area contributed by atoms with Gasteiger partial charge in [0, 0.05) is 11.1 Å². The summed E-state index contributed by atoms with van der Waals surface area (Å²) in [5.74, 6) is 3.29. The minimum atomic E-state index is -5.07. The van der Waals surface area contributed by atoms with Crippen molar-refractivity contribution in [1.29, 1.82) is 0 Å². The molecule has 0 N–H and O–H groups in total. The monoisotopic (exact) mass is 512 g/mol. The Labute approximate surface area is 214 Å². The molecule has 0 fully saturated rings. The van der Waals surface area contributed by atoms with Gasteiger partial charge in [-0.1, -0.05) is 76.5 Å². The average Bonchev–Trinajstić information content (AvgIpc) is 2.74. The van der Waals surface area contributed by atoms with Gasteiger partial charge in [0.25, 0.3) is 0 Å². The molecule has 0 saturated heterocycles. The predicted molar refractivity (Wildman–Crippen MR) is 143 cm³/mol. The molecule has 0 radical (unpaired) electrons. The Balaban J connectivity index is 1.86. The predicted octanol–water partition coefficient (Wildman–Crippen LogP) is 8.73. The molecule has 1 aliphatic rings. The van der Waals surface area contributed by atoms with Crippen molar-refractivity contribution in [1.82, 2.24) is 0 Å². The number of rotatable bonds is 14. The lowest BCUT2D eigenvalue weighted by Gasteiger charge is -2.38. The molecule has 0 amide bonds. The van der Waals surface area contributed by atoms with Gasteiger partial charge >= 0.3 is 10.5 Å². The summed E-state index contributed by atoms with van der Waals surface area (Å²) in [4.78, 5) is 0. The highest BCUT2D eigenvalue weighted by Gasteiger charge is 2.35. The minimum absolute atomic E-state index is 0.0963. The fourth-order valence-corrected chi connectivity index (χ4v) is 5.93. The molecule has 1 heterocycles. The van der Waals surface area contributed by atoms with E-state index in [2.05, 4.69) is 38.8 Å². The number of benzene rings is 1. The molecule has 0 unspecified atom stereocenters. The first-order valence-electron chi connectivity index (χ1n) is 13.7. The maximum Gasteiger partial charge on any atom is 0.488 e. The molecular formula is C29H49FO4S. The number of hydrogen-bond acceptors (Lipinski definition) is 4. The largest absolute Gasteiger partial charge is 0.488 e. The lowest BCUT2D eigenvalue weighted by atomic mass is 9.84. The van der Waals surface area contributed by atoms with Crippen LogP contribution in [0.1, 0.15) is 121 Å². The zero-order chi connectivity index (χ0) is 26.4. The Morgan fingerprint density at radius 3 is 1.97 bits per heavy atom. The van der Waals surface area contributed by atoms with Gasteiger partial charge in [0.15, 0.2) is 5.75 Å². The van der Waals surface area contributed by atoms with Crippen LogP contribution in [0.15, 0.2) is 0 Å². The fraction of sp³-hybridized carbons (Fsp3) is 0.793. The molecule has 3 atom stereocenters. The lowest BCUT2D eigenvalue weighted by Crippen LogP contribution is -2.37. The van der Waals surface area contributed by atoms with Crippen molar-refractivity contribution >= 4 is 10.5 Å². The Kier molecular flexibility index (Phi) is 10.9. The number of fused-ring (bicyclic) bond motifs is 1. The second-order valence-corrected chi connectivity index (χ2v) is 12.9. The van der Waals surface area contributed by atoms with Crippen LogP contribution < -0.4 is 8.92 Å². The molecule has 0 aliphatic carbocycles. The Hall–Kier alpha value is -1.30. The third kappa shape index (κ3) is 9.26. The molecule has 1 aliphatic heterocycles. The normalized spacial score (nSPS) is 19.8. The molecule has 0 spiro atoms. The second-order valence-electron chi connectivity index (χ2n) is 11.9. The molecule has 4 nitrogen and oxygen atoms in total. The van der Waals surface area contributed by atoms with Crippen LogP contribution in [-0.4, -0.2) is 14.0 Å². The van der Waals surface area contributed by atoms with Crippen LogP contribution in [0.4, 0.5) is 3.89 Å². The van der Waals surface area contributed by atoms with E-state index in [-0.39, 0.29) is 11.4 Å². The zero-order valence-electron chi connectivity index (χ0n) is 23.4. The molecule has 1 aromatic rings. The van der Waals surface area contributed by atoms with E-state index in [1.807, 2.05) is 6.92 Å². The molecule has 2 rings (SSSR count). The first-order valence-corrected chi connectivity index (χ1v) is 15.0. The van der Waals surface area contributed by atoms with E-state index >= 15 is 0 Å². The van der Waals surface area contributed by atoms with Crippen LogP contribution in [0.5, 0.6) is 11.5 Å². The van der Waals surface area contributed by atoms with Crippen LogP contribution in [0, 0.1) is 38.5 Å². The number of hydrogen-bond donors (Lipinski definition) is 0. The summed E-state index contributed by atoms with van der Waals surface area (Å²) in [6.07, 6.45) is 13.0. The van der Waals surface area contributed by atoms with Gasteiger partial charge < -0.3 is 8.92 Å². The second kappa shape index (κ2) is 12.8.